The van der Waals surface area contributed by atoms with Crippen molar-refractivity contribution in [2.75, 3.05) is 37.6 Å². The van der Waals surface area contributed by atoms with Gasteiger partial charge in [-0.2, -0.15) is 0 Å². The number of hydrogen-bond acceptors (Lipinski definition) is 8. The molecule has 1 fully saturated rings. The van der Waals surface area contributed by atoms with Crippen LogP contribution in [0.15, 0.2) is 29.3 Å². The number of carboxylic acid groups (broad SMARTS) is 1. The predicted octanol–water partition coefficient (Wildman–Crippen LogP) is 0.340. The maximum absolute atomic E-state index is 12.3. The van der Waals surface area contributed by atoms with E-state index in [0.29, 0.717) is 11.6 Å². The van der Waals surface area contributed by atoms with Crippen molar-refractivity contribution in [3.8, 4) is 0 Å². The SMILES string of the molecule is CC(=O)O[C@@H](CNC(=O)c1ccc(N2CCC(NC3=NCCCN3)CC2)cc1)C(=O)O. The number of aliphatic imine (C=N–C) groups is 1. The van der Waals surface area contributed by atoms with Crippen molar-refractivity contribution in [2.45, 2.75) is 38.3 Å². The number of carbonyl (C=O) groups excluding carboxylic acids is 2. The van der Waals surface area contributed by atoms with Crippen molar-refractivity contribution >= 4 is 29.5 Å². The van der Waals surface area contributed by atoms with Crippen LogP contribution < -0.4 is 20.9 Å². The zero-order chi connectivity index (χ0) is 22.2. The Labute approximate surface area is 181 Å². The molecule has 0 spiro atoms. The van der Waals surface area contributed by atoms with Crippen LogP contribution in [0.5, 0.6) is 0 Å². The summed E-state index contributed by atoms with van der Waals surface area (Å²) in [7, 11) is 0. The number of aliphatic carboxylic acids is 1. The first-order valence-corrected chi connectivity index (χ1v) is 10.5. The molecule has 0 aromatic heterocycles. The molecule has 2 aliphatic heterocycles. The van der Waals surface area contributed by atoms with Crippen molar-refractivity contribution in [1.82, 2.24) is 16.0 Å². The Hall–Kier alpha value is -3.30. The average molecular weight is 431 g/mol. The lowest BCUT2D eigenvalue weighted by molar-refractivity contribution is -0.161. The molecule has 2 heterocycles. The van der Waals surface area contributed by atoms with Crippen molar-refractivity contribution < 1.29 is 24.2 Å². The maximum Gasteiger partial charge on any atom is 0.346 e. The molecule has 0 bridgehead atoms. The number of ether oxygens (including phenoxy) is 1. The van der Waals surface area contributed by atoms with E-state index in [-0.39, 0.29) is 6.54 Å². The van der Waals surface area contributed by atoms with E-state index in [0.717, 1.165) is 64.0 Å². The van der Waals surface area contributed by atoms with Crippen molar-refractivity contribution in [3.63, 3.8) is 0 Å². The second kappa shape index (κ2) is 10.6. The molecule has 2 aliphatic rings. The molecule has 1 amide bonds. The third-order valence-electron chi connectivity index (χ3n) is 5.26. The lowest BCUT2D eigenvalue weighted by Gasteiger charge is -2.35. The lowest BCUT2D eigenvalue weighted by atomic mass is 10.0. The van der Waals surface area contributed by atoms with Gasteiger partial charge in [0.15, 0.2) is 5.96 Å². The number of nitrogens with zero attached hydrogens (tertiary/aromatic N) is 2. The van der Waals surface area contributed by atoms with Gasteiger partial charge in [0.2, 0.25) is 6.10 Å². The van der Waals surface area contributed by atoms with E-state index in [1.54, 1.807) is 12.1 Å². The number of benzene rings is 1. The summed E-state index contributed by atoms with van der Waals surface area (Å²) >= 11 is 0. The van der Waals surface area contributed by atoms with E-state index >= 15 is 0 Å². The van der Waals surface area contributed by atoms with Crippen LogP contribution in [0.4, 0.5) is 5.69 Å². The van der Waals surface area contributed by atoms with Gasteiger partial charge in [0.05, 0.1) is 6.54 Å². The third kappa shape index (κ3) is 6.59. The molecular formula is C21H29N5O5. The molecule has 3 rings (SSSR count). The first kappa shape index (κ1) is 22.4. The van der Waals surface area contributed by atoms with Crippen LogP contribution in [-0.4, -0.2) is 73.8 Å². The number of piperidine rings is 1. The molecule has 168 valence electrons. The highest BCUT2D eigenvalue weighted by molar-refractivity contribution is 5.95. The van der Waals surface area contributed by atoms with Crippen LogP contribution in [0, 0.1) is 0 Å². The Morgan fingerprint density at radius 2 is 1.97 bits per heavy atom. The quantitative estimate of drug-likeness (QED) is 0.455. The summed E-state index contributed by atoms with van der Waals surface area (Å²) in [5.74, 6) is -1.55. The highest BCUT2D eigenvalue weighted by Gasteiger charge is 2.23. The number of guanidine groups is 1. The number of rotatable bonds is 7. The molecule has 10 heteroatoms. The van der Waals surface area contributed by atoms with Crippen molar-refractivity contribution in [3.05, 3.63) is 29.8 Å². The number of amides is 1. The van der Waals surface area contributed by atoms with Crippen molar-refractivity contribution in [2.24, 2.45) is 4.99 Å². The Bertz CT molecular complexity index is 818. The van der Waals surface area contributed by atoms with Gasteiger partial charge < -0.3 is 30.7 Å². The molecule has 1 aromatic carbocycles. The average Bonchev–Trinajstić information content (AvgIpc) is 2.77. The summed E-state index contributed by atoms with van der Waals surface area (Å²) in [6.45, 7) is 4.46. The Morgan fingerprint density at radius 1 is 1.26 bits per heavy atom. The predicted molar refractivity (Wildman–Crippen MR) is 115 cm³/mol. The number of esters is 1. The highest BCUT2D eigenvalue weighted by Crippen LogP contribution is 2.20. The van der Waals surface area contributed by atoms with Gasteiger partial charge in [0.25, 0.3) is 5.91 Å². The summed E-state index contributed by atoms with van der Waals surface area (Å²) in [5, 5.41) is 18.3. The van der Waals surface area contributed by atoms with E-state index < -0.39 is 23.9 Å². The van der Waals surface area contributed by atoms with Crippen LogP contribution >= 0.6 is 0 Å². The minimum absolute atomic E-state index is 0.295. The first-order chi connectivity index (χ1) is 14.9. The van der Waals surface area contributed by atoms with Crippen LogP contribution in [0.1, 0.15) is 36.5 Å². The van der Waals surface area contributed by atoms with Gasteiger partial charge in [-0.05, 0) is 43.5 Å². The fraction of sp³-hybridized carbons (Fsp3) is 0.524. The Balaban J connectivity index is 1.47. The van der Waals surface area contributed by atoms with E-state index in [4.69, 9.17) is 5.11 Å². The highest BCUT2D eigenvalue weighted by atomic mass is 16.6. The van der Waals surface area contributed by atoms with E-state index in [1.165, 1.54) is 0 Å². The fourth-order valence-electron chi connectivity index (χ4n) is 3.60. The number of carboxylic acids is 1. The molecule has 1 aromatic rings. The first-order valence-electron chi connectivity index (χ1n) is 10.5. The van der Waals surface area contributed by atoms with Crippen molar-refractivity contribution in [1.29, 1.82) is 0 Å². The zero-order valence-electron chi connectivity index (χ0n) is 17.6. The second-order valence-electron chi connectivity index (χ2n) is 7.61. The maximum atomic E-state index is 12.3. The third-order valence-corrected chi connectivity index (χ3v) is 5.26. The van der Waals surface area contributed by atoms with Crippen LogP contribution in [0.2, 0.25) is 0 Å². The molecule has 0 radical (unpaired) electrons. The van der Waals surface area contributed by atoms with Gasteiger partial charge in [-0.25, -0.2) is 4.79 Å². The van der Waals surface area contributed by atoms with Crippen LogP contribution in [-0.2, 0) is 14.3 Å². The summed E-state index contributed by atoms with van der Waals surface area (Å²) in [4.78, 5) is 41.1. The summed E-state index contributed by atoms with van der Waals surface area (Å²) < 4.78 is 4.68. The second-order valence-corrected chi connectivity index (χ2v) is 7.61. The number of anilines is 1. The van der Waals surface area contributed by atoms with Gasteiger partial charge in [-0.3, -0.25) is 14.6 Å². The van der Waals surface area contributed by atoms with Gasteiger partial charge in [-0.15, -0.1) is 0 Å². The Kier molecular flexibility index (Phi) is 7.69. The number of hydrogen-bond donors (Lipinski definition) is 4. The van der Waals surface area contributed by atoms with Gasteiger partial charge in [-0.1, -0.05) is 0 Å². The standard InChI is InChI=1S/C21H29N5O5/c1-14(27)31-18(20(29)30)13-24-19(28)15-3-5-17(6-4-15)26-11-7-16(8-12-26)25-21-22-9-2-10-23-21/h3-6,16,18H,2,7-13H2,1H3,(H,24,28)(H,29,30)(H2,22,23,25)/t18-/m0/s1. The van der Waals surface area contributed by atoms with Gasteiger partial charge in [0, 0.05) is 50.4 Å². The lowest BCUT2D eigenvalue weighted by Crippen LogP contribution is -2.50. The van der Waals surface area contributed by atoms with Gasteiger partial charge >= 0.3 is 11.9 Å². The monoisotopic (exact) mass is 431 g/mol. The zero-order valence-corrected chi connectivity index (χ0v) is 17.6. The minimum Gasteiger partial charge on any atom is -0.478 e. The number of carbonyl (C=O) groups is 3. The van der Waals surface area contributed by atoms with E-state index in [1.807, 2.05) is 12.1 Å². The smallest absolute Gasteiger partial charge is 0.346 e. The molecule has 0 saturated carbocycles. The summed E-state index contributed by atoms with van der Waals surface area (Å²) in [6.07, 6.45) is 1.65. The largest absolute Gasteiger partial charge is 0.478 e. The topological polar surface area (TPSA) is 132 Å². The van der Waals surface area contributed by atoms with Crippen LogP contribution in [0.3, 0.4) is 0 Å². The molecule has 1 saturated heterocycles. The molecule has 4 N–H and O–H groups in total. The van der Waals surface area contributed by atoms with Crippen LogP contribution in [0.25, 0.3) is 0 Å². The number of nitrogens with one attached hydrogen (secondary N) is 3. The molecule has 0 aliphatic carbocycles. The van der Waals surface area contributed by atoms with E-state index in [2.05, 4.69) is 30.6 Å². The van der Waals surface area contributed by atoms with Gasteiger partial charge in [0.1, 0.15) is 0 Å². The summed E-state index contributed by atoms with van der Waals surface area (Å²) in [5.41, 5.74) is 1.44. The molecule has 10 nitrogen and oxygen atoms in total. The minimum atomic E-state index is -1.41. The molecular weight excluding hydrogens is 402 g/mol. The normalized spacial score (nSPS) is 17.7. The Morgan fingerprint density at radius 3 is 2.55 bits per heavy atom. The van der Waals surface area contributed by atoms with E-state index in [9.17, 15) is 14.4 Å². The molecule has 1 atom stereocenters. The molecule has 0 unspecified atom stereocenters. The molecule has 31 heavy (non-hydrogen) atoms. The fourth-order valence-corrected chi connectivity index (χ4v) is 3.60. The summed E-state index contributed by atoms with van der Waals surface area (Å²) in [6, 6.07) is 7.58.